The Balaban J connectivity index is 2.08. The van der Waals surface area contributed by atoms with Crippen LogP contribution in [0.15, 0.2) is 42.5 Å². The van der Waals surface area contributed by atoms with E-state index in [1.807, 2.05) is 37.3 Å². The van der Waals surface area contributed by atoms with E-state index in [9.17, 15) is 9.59 Å². The van der Waals surface area contributed by atoms with Crippen molar-refractivity contribution in [3.8, 4) is 0 Å². The molecule has 2 amide bonds. The fourth-order valence-corrected chi connectivity index (χ4v) is 3.83. The van der Waals surface area contributed by atoms with Crippen LogP contribution >= 0.6 is 0 Å². The van der Waals surface area contributed by atoms with Gasteiger partial charge in [-0.3, -0.25) is 9.63 Å². The van der Waals surface area contributed by atoms with Crippen LogP contribution in [0, 0.1) is 11.8 Å². The normalized spacial score (nSPS) is 16.8. The fraction of sp³-hybridized carbons (Fsp3) is 0.524. The monoisotopic (exact) mass is 374 g/mol. The summed E-state index contributed by atoms with van der Waals surface area (Å²) in [5.74, 6) is -0.254. The van der Waals surface area contributed by atoms with E-state index < -0.39 is 18.0 Å². The number of nitrogens with one attached hydrogen (secondary N) is 2. The van der Waals surface area contributed by atoms with Crippen LogP contribution < -0.4 is 10.8 Å². The molecule has 2 atom stereocenters. The molecule has 6 heteroatoms. The average Bonchev–Trinajstić information content (AvgIpc) is 2.67. The summed E-state index contributed by atoms with van der Waals surface area (Å²) in [6, 6.07) is 8.63. The number of hydrogen-bond acceptors (Lipinski definition) is 4. The van der Waals surface area contributed by atoms with Gasteiger partial charge in [0.2, 0.25) is 0 Å². The maximum atomic E-state index is 12.6. The highest BCUT2D eigenvalue weighted by molar-refractivity contribution is 5.85. The molecule has 1 aliphatic carbocycles. The zero-order chi connectivity index (χ0) is 19.6. The quantitative estimate of drug-likeness (QED) is 0.537. The number of alkyl carbamates (subject to hydrolysis) is 1. The van der Waals surface area contributed by atoms with Gasteiger partial charge in [0.15, 0.2) is 0 Å². The molecule has 1 aromatic rings. The number of hydroxylamine groups is 1. The smallest absolute Gasteiger partial charge is 0.408 e. The van der Waals surface area contributed by atoms with Gasteiger partial charge in [-0.15, -0.1) is 0 Å². The van der Waals surface area contributed by atoms with Crippen molar-refractivity contribution in [1.82, 2.24) is 10.8 Å². The Hall–Kier alpha value is -2.34. The molecule has 0 radical (unpaired) electrons. The molecule has 27 heavy (non-hydrogen) atoms. The molecule has 0 aromatic heterocycles. The lowest BCUT2D eigenvalue weighted by Gasteiger charge is -2.35. The van der Waals surface area contributed by atoms with Crippen LogP contribution in [0.1, 0.15) is 44.6 Å². The molecule has 2 unspecified atom stereocenters. The minimum absolute atomic E-state index is 0.145. The summed E-state index contributed by atoms with van der Waals surface area (Å²) in [6.45, 7) is 6.13. The van der Waals surface area contributed by atoms with Gasteiger partial charge in [0, 0.05) is 5.92 Å². The van der Waals surface area contributed by atoms with Crippen LogP contribution in [0.25, 0.3) is 0 Å². The van der Waals surface area contributed by atoms with Gasteiger partial charge in [0.05, 0.1) is 7.11 Å². The SMILES string of the molecule is C=C(C)C(C1CCCCC1)C(NC(=O)OCc1ccccc1)C(=O)NOC. The van der Waals surface area contributed by atoms with E-state index in [2.05, 4.69) is 17.4 Å². The van der Waals surface area contributed by atoms with Crippen molar-refractivity contribution >= 4 is 12.0 Å². The highest BCUT2D eigenvalue weighted by atomic mass is 16.6. The fourth-order valence-electron chi connectivity index (χ4n) is 3.83. The summed E-state index contributed by atoms with van der Waals surface area (Å²) < 4.78 is 5.30. The van der Waals surface area contributed by atoms with Crippen LogP contribution in [0.5, 0.6) is 0 Å². The molecule has 0 bridgehead atoms. The standard InChI is InChI=1S/C21H30N2O4/c1-15(2)18(17-12-8-5-9-13-17)19(20(24)23-26-3)22-21(25)27-14-16-10-6-4-7-11-16/h4,6-7,10-11,17-19H,1,5,8-9,12-14H2,2-3H3,(H,22,25)(H,23,24). The number of benzene rings is 1. The third-order valence-electron chi connectivity index (χ3n) is 5.06. The average molecular weight is 374 g/mol. The second-order valence-electron chi connectivity index (χ2n) is 7.12. The molecule has 1 aliphatic rings. The van der Waals surface area contributed by atoms with Gasteiger partial charge in [0.25, 0.3) is 5.91 Å². The van der Waals surface area contributed by atoms with E-state index >= 15 is 0 Å². The Morgan fingerprint density at radius 1 is 1.19 bits per heavy atom. The molecule has 1 saturated carbocycles. The van der Waals surface area contributed by atoms with Crippen LogP contribution in [-0.2, 0) is 21.0 Å². The van der Waals surface area contributed by atoms with Crippen molar-refractivity contribution < 1.29 is 19.2 Å². The molecule has 148 valence electrons. The molecule has 1 aromatic carbocycles. The minimum atomic E-state index is -0.783. The largest absolute Gasteiger partial charge is 0.445 e. The van der Waals surface area contributed by atoms with E-state index in [1.54, 1.807) is 0 Å². The van der Waals surface area contributed by atoms with E-state index in [1.165, 1.54) is 13.5 Å². The Morgan fingerprint density at radius 2 is 1.85 bits per heavy atom. The van der Waals surface area contributed by atoms with Crippen molar-refractivity contribution in [2.75, 3.05) is 7.11 Å². The van der Waals surface area contributed by atoms with Crippen LogP contribution in [0.4, 0.5) is 4.79 Å². The predicted molar refractivity (Wildman–Crippen MR) is 104 cm³/mol. The van der Waals surface area contributed by atoms with Crippen molar-refractivity contribution in [3.63, 3.8) is 0 Å². The van der Waals surface area contributed by atoms with Crippen LogP contribution in [-0.4, -0.2) is 25.2 Å². The van der Waals surface area contributed by atoms with E-state index in [0.717, 1.165) is 36.8 Å². The first-order valence-electron chi connectivity index (χ1n) is 9.48. The number of rotatable bonds is 8. The van der Waals surface area contributed by atoms with Gasteiger partial charge < -0.3 is 10.1 Å². The number of ether oxygens (including phenoxy) is 1. The molecule has 1 fully saturated rings. The lowest BCUT2D eigenvalue weighted by atomic mass is 9.73. The Kier molecular flexibility index (Phi) is 8.33. The van der Waals surface area contributed by atoms with Gasteiger partial charge in [-0.2, -0.15) is 0 Å². The molecular weight excluding hydrogens is 344 g/mol. The van der Waals surface area contributed by atoms with E-state index in [-0.39, 0.29) is 12.5 Å². The molecule has 0 saturated heterocycles. The van der Waals surface area contributed by atoms with Crippen molar-refractivity contribution in [2.45, 2.75) is 51.7 Å². The summed E-state index contributed by atoms with van der Waals surface area (Å²) in [5, 5.41) is 2.74. The molecule has 6 nitrogen and oxygen atoms in total. The van der Waals surface area contributed by atoms with Crippen LogP contribution in [0.2, 0.25) is 0 Å². The van der Waals surface area contributed by atoms with E-state index in [4.69, 9.17) is 9.57 Å². The van der Waals surface area contributed by atoms with Gasteiger partial charge in [-0.25, -0.2) is 10.3 Å². The lowest BCUT2D eigenvalue weighted by Crippen LogP contribution is -2.53. The molecule has 0 spiro atoms. The Bertz CT molecular complexity index is 626. The van der Waals surface area contributed by atoms with Gasteiger partial charge in [0.1, 0.15) is 12.6 Å². The van der Waals surface area contributed by atoms with Crippen molar-refractivity contribution in [3.05, 3.63) is 48.0 Å². The topological polar surface area (TPSA) is 76.7 Å². The minimum Gasteiger partial charge on any atom is -0.445 e. The highest BCUT2D eigenvalue weighted by Crippen LogP contribution is 2.35. The molecule has 2 rings (SSSR count). The predicted octanol–water partition coefficient (Wildman–Crippen LogP) is 3.73. The Morgan fingerprint density at radius 3 is 2.44 bits per heavy atom. The van der Waals surface area contributed by atoms with E-state index in [0.29, 0.717) is 5.92 Å². The lowest BCUT2D eigenvalue weighted by molar-refractivity contribution is -0.135. The number of hydrogen-bond donors (Lipinski definition) is 2. The van der Waals surface area contributed by atoms with Crippen LogP contribution in [0.3, 0.4) is 0 Å². The van der Waals surface area contributed by atoms with Gasteiger partial charge in [-0.1, -0.05) is 61.7 Å². The summed E-state index contributed by atoms with van der Waals surface area (Å²) in [6.07, 6.45) is 4.89. The third kappa shape index (κ3) is 6.40. The van der Waals surface area contributed by atoms with Crippen molar-refractivity contribution in [1.29, 1.82) is 0 Å². The highest BCUT2D eigenvalue weighted by Gasteiger charge is 2.37. The third-order valence-corrected chi connectivity index (χ3v) is 5.06. The molecular formula is C21H30N2O4. The first-order chi connectivity index (χ1) is 13.0. The number of carbonyl (C=O) groups is 2. The molecule has 0 aliphatic heterocycles. The second-order valence-corrected chi connectivity index (χ2v) is 7.12. The zero-order valence-corrected chi connectivity index (χ0v) is 16.2. The summed E-state index contributed by atoms with van der Waals surface area (Å²) in [4.78, 5) is 29.7. The maximum Gasteiger partial charge on any atom is 0.408 e. The maximum absolute atomic E-state index is 12.6. The second kappa shape index (κ2) is 10.7. The van der Waals surface area contributed by atoms with Crippen molar-refractivity contribution in [2.24, 2.45) is 11.8 Å². The van der Waals surface area contributed by atoms with Gasteiger partial charge in [-0.05, 0) is 31.2 Å². The summed E-state index contributed by atoms with van der Waals surface area (Å²) in [5.41, 5.74) is 4.11. The number of carbonyl (C=O) groups excluding carboxylic acids is 2. The first-order valence-corrected chi connectivity index (χ1v) is 9.48. The molecule has 2 N–H and O–H groups in total. The Labute approximate surface area is 161 Å². The molecule has 0 heterocycles. The number of amides is 2. The summed E-state index contributed by atoms with van der Waals surface area (Å²) >= 11 is 0. The summed E-state index contributed by atoms with van der Waals surface area (Å²) in [7, 11) is 1.37. The zero-order valence-electron chi connectivity index (χ0n) is 16.2. The first kappa shape index (κ1) is 21.0. The van der Waals surface area contributed by atoms with Gasteiger partial charge >= 0.3 is 6.09 Å².